The Bertz CT molecular complexity index is 958. The van der Waals surface area contributed by atoms with Crippen molar-refractivity contribution in [3.05, 3.63) is 36.0 Å². The Morgan fingerprint density at radius 3 is 2.92 bits per heavy atom. The molecule has 8 nitrogen and oxygen atoms in total. The lowest BCUT2D eigenvalue weighted by Gasteiger charge is -2.34. The van der Waals surface area contributed by atoms with Crippen LogP contribution in [0.3, 0.4) is 0 Å². The summed E-state index contributed by atoms with van der Waals surface area (Å²) >= 11 is 0. The van der Waals surface area contributed by atoms with Crippen LogP contribution in [0.4, 0.5) is 5.82 Å². The number of amides is 1. The molecule has 4 rings (SSSR count). The fourth-order valence-corrected chi connectivity index (χ4v) is 3.69. The van der Waals surface area contributed by atoms with Crippen LogP contribution in [-0.4, -0.2) is 49.4 Å². The highest BCUT2D eigenvalue weighted by Crippen LogP contribution is 2.26. The normalized spacial score (nSPS) is 17.7. The highest BCUT2D eigenvalue weighted by Gasteiger charge is 2.25. The molecule has 136 valence electrons. The molecule has 8 heteroatoms. The van der Waals surface area contributed by atoms with Gasteiger partial charge in [0, 0.05) is 39.4 Å². The van der Waals surface area contributed by atoms with Gasteiger partial charge in [-0.1, -0.05) is 0 Å². The average Bonchev–Trinajstić information content (AvgIpc) is 3.17. The van der Waals surface area contributed by atoms with Gasteiger partial charge in [0.1, 0.15) is 23.5 Å². The second-order valence-electron chi connectivity index (χ2n) is 6.91. The second kappa shape index (κ2) is 6.44. The molecule has 1 atom stereocenters. The van der Waals surface area contributed by atoms with Crippen molar-refractivity contribution >= 4 is 22.8 Å². The van der Waals surface area contributed by atoms with E-state index in [1.54, 1.807) is 18.1 Å². The lowest BCUT2D eigenvalue weighted by molar-refractivity contribution is 0.0923. The van der Waals surface area contributed by atoms with E-state index in [1.165, 1.54) is 0 Å². The summed E-state index contributed by atoms with van der Waals surface area (Å²) in [5.41, 5.74) is 2.36. The summed E-state index contributed by atoms with van der Waals surface area (Å²) in [6.07, 6.45) is 5.57. The molecule has 0 spiro atoms. The molecule has 4 heterocycles. The number of aryl methyl sites for hydroxylation is 3. The molecule has 0 radical (unpaired) electrons. The molecular weight excluding hydrogens is 330 g/mol. The minimum absolute atomic E-state index is 0.0764. The number of fused-ring (bicyclic) bond motifs is 1. The predicted molar refractivity (Wildman–Crippen MR) is 99.2 cm³/mol. The molecule has 1 unspecified atom stereocenters. The Balaban J connectivity index is 1.52. The standard InChI is InChI=1S/C18H23N7O/c1-12-9-15(24(3)22-12)18(26)21-13-5-4-7-25(10-13)17-14-6-8-23(2)16(14)19-11-20-17/h6,8-9,11,13H,4-5,7,10H2,1-3H3,(H,21,26). The molecular formula is C18H23N7O. The van der Waals surface area contributed by atoms with Gasteiger partial charge in [0.2, 0.25) is 0 Å². The fourth-order valence-electron chi connectivity index (χ4n) is 3.69. The van der Waals surface area contributed by atoms with Gasteiger partial charge in [0.25, 0.3) is 5.91 Å². The first-order valence-electron chi connectivity index (χ1n) is 8.85. The van der Waals surface area contributed by atoms with Crippen molar-refractivity contribution < 1.29 is 4.79 Å². The molecule has 0 aliphatic carbocycles. The number of carbonyl (C=O) groups excluding carboxylic acids is 1. The maximum absolute atomic E-state index is 12.6. The topological polar surface area (TPSA) is 80.9 Å². The van der Waals surface area contributed by atoms with Crippen molar-refractivity contribution in [3.8, 4) is 0 Å². The third-order valence-electron chi connectivity index (χ3n) is 4.93. The third kappa shape index (κ3) is 2.91. The molecule has 0 saturated carbocycles. The van der Waals surface area contributed by atoms with E-state index < -0.39 is 0 Å². The predicted octanol–water partition coefficient (Wildman–Crippen LogP) is 1.41. The Hall–Kier alpha value is -2.90. The number of anilines is 1. The molecule has 1 fully saturated rings. The van der Waals surface area contributed by atoms with E-state index in [9.17, 15) is 4.79 Å². The van der Waals surface area contributed by atoms with Gasteiger partial charge in [-0.25, -0.2) is 9.97 Å². The van der Waals surface area contributed by atoms with Gasteiger partial charge >= 0.3 is 0 Å². The van der Waals surface area contributed by atoms with E-state index in [1.807, 2.05) is 36.9 Å². The number of hydrogen-bond acceptors (Lipinski definition) is 5. The molecule has 0 bridgehead atoms. The second-order valence-corrected chi connectivity index (χ2v) is 6.91. The highest BCUT2D eigenvalue weighted by atomic mass is 16.2. The van der Waals surface area contributed by atoms with Gasteiger partial charge < -0.3 is 14.8 Å². The lowest BCUT2D eigenvalue weighted by atomic mass is 10.1. The zero-order chi connectivity index (χ0) is 18.3. The molecule has 3 aromatic rings. The quantitative estimate of drug-likeness (QED) is 0.770. The van der Waals surface area contributed by atoms with E-state index in [0.29, 0.717) is 5.69 Å². The highest BCUT2D eigenvalue weighted by molar-refractivity contribution is 5.93. The molecule has 3 aromatic heterocycles. The van der Waals surface area contributed by atoms with E-state index >= 15 is 0 Å². The summed E-state index contributed by atoms with van der Waals surface area (Å²) in [6, 6.07) is 3.94. The summed E-state index contributed by atoms with van der Waals surface area (Å²) in [7, 11) is 3.77. The number of nitrogens with one attached hydrogen (secondary N) is 1. The van der Waals surface area contributed by atoms with Crippen LogP contribution < -0.4 is 10.2 Å². The minimum atomic E-state index is -0.0764. The number of nitrogens with zero attached hydrogens (tertiary/aromatic N) is 6. The van der Waals surface area contributed by atoms with E-state index in [0.717, 1.165) is 48.5 Å². The lowest BCUT2D eigenvalue weighted by Crippen LogP contribution is -2.48. The zero-order valence-electron chi connectivity index (χ0n) is 15.3. The molecule has 26 heavy (non-hydrogen) atoms. The smallest absolute Gasteiger partial charge is 0.269 e. The number of hydrogen-bond donors (Lipinski definition) is 1. The number of piperidine rings is 1. The van der Waals surface area contributed by atoms with Crippen molar-refractivity contribution in [2.24, 2.45) is 14.1 Å². The minimum Gasteiger partial charge on any atom is -0.354 e. The van der Waals surface area contributed by atoms with Gasteiger partial charge in [0.05, 0.1) is 11.1 Å². The van der Waals surface area contributed by atoms with Crippen LogP contribution >= 0.6 is 0 Å². The third-order valence-corrected chi connectivity index (χ3v) is 4.93. The first-order valence-corrected chi connectivity index (χ1v) is 8.85. The first-order chi connectivity index (χ1) is 12.5. The van der Waals surface area contributed by atoms with Crippen molar-refractivity contribution in [3.63, 3.8) is 0 Å². The summed E-state index contributed by atoms with van der Waals surface area (Å²) in [5.74, 6) is 0.860. The number of rotatable bonds is 3. The van der Waals surface area contributed by atoms with Gasteiger partial charge in [-0.05, 0) is 31.9 Å². The van der Waals surface area contributed by atoms with E-state index in [-0.39, 0.29) is 11.9 Å². The molecule has 1 aliphatic heterocycles. The van der Waals surface area contributed by atoms with E-state index in [4.69, 9.17) is 0 Å². The van der Waals surface area contributed by atoms with Crippen LogP contribution in [0.15, 0.2) is 24.7 Å². The monoisotopic (exact) mass is 353 g/mol. The Labute approximate surface area is 151 Å². The first kappa shape index (κ1) is 16.6. The summed E-state index contributed by atoms with van der Waals surface area (Å²) in [5, 5.41) is 8.45. The molecule has 1 N–H and O–H groups in total. The summed E-state index contributed by atoms with van der Waals surface area (Å²) in [6.45, 7) is 3.56. The molecule has 1 amide bonds. The van der Waals surface area contributed by atoms with Crippen LogP contribution in [0.2, 0.25) is 0 Å². The number of aromatic nitrogens is 5. The van der Waals surface area contributed by atoms with Crippen LogP contribution in [0, 0.1) is 6.92 Å². The van der Waals surface area contributed by atoms with Crippen molar-refractivity contribution in [1.82, 2.24) is 29.6 Å². The number of carbonyl (C=O) groups is 1. The SMILES string of the molecule is Cc1cc(C(=O)NC2CCCN(c3ncnc4c3ccn4C)C2)n(C)n1. The van der Waals surface area contributed by atoms with Crippen molar-refractivity contribution in [2.75, 3.05) is 18.0 Å². The van der Waals surface area contributed by atoms with Crippen molar-refractivity contribution in [1.29, 1.82) is 0 Å². The maximum Gasteiger partial charge on any atom is 0.269 e. The molecule has 0 aromatic carbocycles. The van der Waals surface area contributed by atoms with Gasteiger partial charge in [0.15, 0.2) is 0 Å². The average molecular weight is 353 g/mol. The molecule has 1 saturated heterocycles. The van der Waals surface area contributed by atoms with Crippen molar-refractivity contribution in [2.45, 2.75) is 25.8 Å². The van der Waals surface area contributed by atoms with E-state index in [2.05, 4.69) is 25.3 Å². The maximum atomic E-state index is 12.6. The fraction of sp³-hybridized carbons (Fsp3) is 0.444. The zero-order valence-corrected chi connectivity index (χ0v) is 15.3. The van der Waals surface area contributed by atoms with Crippen LogP contribution in [0.25, 0.3) is 11.0 Å². The largest absolute Gasteiger partial charge is 0.354 e. The Morgan fingerprint density at radius 2 is 2.15 bits per heavy atom. The summed E-state index contributed by atoms with van der Waals surface area (Å²) < 4.78 is 3.62. The van der Waals surface area contributed by atoms with Gasteiger partial charge in [-0.3, -0.25) is 9.48 Å². The molecule has 1 aliphatic rings. The Kier molecular flexibility index (Phi) is 4.10. The van der Waals surface area contributed by atoms with Crippen LogP contribution in [-0.2, 0) is 14.1 Å². The van der Waals surface area contributed by atoms with Crippen LogP contribution in [0.5, 0.6) is 0 Å². The summed E-state index contributed by atoms with van der Waals surface area (Å²) in [4.78, 5) is 23.7. The Morgan fingerprint density at radius 1 is 1.31 bits per heavy atom. The van der Waals surface area contributed by atoms with Gasteiger partial charge in [-0.15, -0.1) is 0 Å². The van der Waals surface area contributed by atoms with Crippen LogP contribution in [0.1, 0.15) is 29.0 Å². The van der Waals surface area contributed by atoms with Gasteiger partial charge in [-0.2, -0.15) is 5.10 Å².